The predicted octanol–water partition coefficient (Wildman–Crippen LogP) is 1.42. The molecule has 0 aromatic carbocycles. The minimum absolute atomic E-state index is 0.0401. The van der Waals surface area contributed by atoms with Crippen LogP contribution < -0.4 is 5.73 Å². The van der Waals surface area contributed by atoms with Crippen molar-refractivity contribution >= 4 is 5.91 Å². The molecule has 22 heavy (non-hydrogen) atoms. The highest BCUT2D eigenvalue weighted by Crippen LogP contribution is 2.25. The van der Waals surface area contributed by atoms with Crippen molar-refractivity contribution in [2.75, 3.05) is 19.7 Å². The lowest BCUT2D eigenvalue weighted by atomic mass is 9.96. The molecule has 2 aliphatic heterocycles. The molecule has 6 nitrogen and oxygen atoms in total. The average molecular weight is 304 g/mol. The molecule has 2 N–H and O–H groups in total. The van der Waals surface area contributed by atoms with Crippen molar-refractivity contribution in [3.8, 4) is 0 Å². The Bertz CT molecular complexity index is 491. The zero-order valence-electron chi connectivity index (χ0n) is 12.9. The number of hydrogen-bond acceptors (Lipinski definition) is 5. The molecule has 2 fully saturated rings. The van der Waals surface area contributed by atoms with Gasteiger partial charge in [0.25, 0.3) is 0 Å². The van der Waals surface area contributed by atoms with E-state index in [-0.39, 0.29) is 17.9 Å². The molecule has 0 aliphatic carbocycles. The van der Waals surface area contributed by atoms with Crippen LogP contribution in [0.25, 0.3) is 0 Å². The van der Waals surface area contributed by atoms with E-state index in [1.165, 1.54) is 6.42 Å². The number of rotatable bonds is 4. The molecule has 1 amide bonds. The third-order valence-electron chi connectivity index (χ3n) is 4.59. The van der Waals surface area contributed by atoms with Crippen molar-refractivity contribution in [2.24, 2.45) is 11.7 Å². The van der Waals surface area contributed by atoms with Crippen LogP contribution in [0.2, 0.25) is 0 Å². The summed E-state index contributed by atoms with van der Waals surface area (Å²) in [5.74, 6) is 0.675. The van der Waals surface area contributed by atoms with E-state index >= 15 is 0 Å². The maximum atomic E-state index is 11.2. The van der Waals surface area contributed by atoms with E-state index in [4.69, 9.17) is 10.5 Å². The van der Waals surface area contributed by atoms with Gasteiger partial charge in [-0.15, -0.1) is 0 Å². The number of amides is 1. The van der Waals surface area contributed by atoms with E-state index in [0.29, 0.717) is 0 Å². The van der Waals surface area contributed by atoms with E-state index in [0.717, 1.165) is 63.3 Å². The van der Waals surface area contributed by atoms with Crippen LogP contribution in [0.15, 0.2) is 12.4 Å². The molecule has 120 valence electrons. The van der Waals surface area contributed by atoms with Crippen molar-refractivity contribution in [3.63, 3.8) is 0 Å². The van der Waals surface area contributed by atoms with Gasteiger partial charge in [-0.3, -0.25) is 9.69 Å². The lowest BCUT2D eigenvalue weighted by molar-refractivity contribution is -0.123. The second-order valence-electron chi connectivity index (χ2n) is 6.26. The van der Waals surface area contributed by atoms with E-state index in [1.807, 2.05) is 12.4 Å². The molecule has 0 saturated carbocycles. The smallest absolute Gasteiger partial charge is 0.220 e. The average Bonchev–Trinajstić information content (AvgIpc) is 2.57. The van der Waals surface area contributed by atoms with E-state index < -0.39 is 0 Å². The standard InChI is InChI=1S/C16H24N4O2/c17-15(21)13-4-6-20(7-5-13)11-12-9-18-16(19-10-12)14-3-1-2-8-22-14/h9-10,13-14H,1-8,11H2,(H2,17,21)/t14-/m1/s1. The molecule has 3 heterocycles. The highest BCUT2D eigenvalue weighted by Gasteiger charge is 2.23. The van der Waals surface area contributed by atoms with Crippen LogP contribution in [0.5, 0.6) is 0 Å². The number of carbonyl (C=O) groups excluding carboxylic acids is 1. The Morgan fingerprint density at radius 1 is 1.23 bits per heavy atom. The minimum atomic E-state index is -0.167. The third-order valence-corrected chi connectivity index (χ3v) is 4.59. The minimum Gasteiger partial charge on any atom is -0.370 e. The van der Waals surface area contributed by atoms with Gasteiger partial charge < -0.3 is 10.5 Å². The van der Waals surface area contributed by atoms with Gasteiger partial charge >= 0.3 is 0 Å². The second-order valence-corrected chi connectivity index (χ2v) is 6.26. The summed E-state index contributed by atoms with van der Waals surface area (Å²) in [5.41, 5.74) is 6.47. The summed E-state index contributed by atoms with van der Waals surface area (Å²) in [4.78, 5) is 22.5. The maximum absolute atomic E-state index is 11.2. The number of aromatic nitrogens is 2. The van der Waals surface area contributed by atoms with Crippen molar-refractivity contribution < 1.29 is 9.53 Å². The van der Waals surface area contributed by atoms with Gasteiger partial charge in [0.15, 0.2) is 5.82 Å². The first-order chi connectivity index (χ1) is 10.7. The van der Waals surface area contributed by atoms with Crippen LogP contribution in [0.3, 0.4) is 0 Å². The lowest BCUT2D eigenvalue weighted by Crippen LogP contribution is -2.38. The zero-order chi connectivity index (χ0) is 15.4. The van der Waals surface area contributed by atoms with Gasteiger partial charge in [0.2, 0.25) is 5.91 Å². The molecule has 1 atom stereocenters. The van der Waals surface area contributed by atoms with Gasteiger partial charge in [0.05, 0.1) is 0 Å². The Morgan fingerprint density at radius 3 is 2.55 bits per heavy atom. The van der Waals surface area contributed by atoms with Crippen LogP contribution in [-0.2, 0) is 16.1 Å². The Labute approximate surface area is 131 Å². The first-order valence-electron chi connectivity index (χ1n) is 8.16. The van der Waals surface area contributed by atoms with Gasteiger partial charge in [0, 0.05) is 37.0 Å². The summed E-state index contributed by atoms with van der Waals surface area (Å²) in [7, 11) is 0. The Balaban J connectivity index is 1.52. The molecule has 0 bridgehead atoms. The maximum Gasteiger partial charge on any atom is 0.220 e. The number of piperidine rings is 1. The van der Waals surface area contributed by atoms with Gasteiger partial charge in [-0.25, -0.2) is 9.97 Å². The molecule has 1 aromatic heterocycles. The first-order valence-corrected chi connectivity index (χ1v) is 8.16. The van der Waals surface area contributed by atoms with E-state index in [2.05, 4.69) is 14.9 Å². The van der Waals surface area contributed by atoms with Crippen molar-refractivity contribution in [3.05, 3.63) is 23.8 Å². The SMILES string of the molecule is NC(=O)C1CCN(Cc2cnc([C@H]3CCCCO3)nc2)CC1. The molecular weight excluding hydrogens is 280 g/mol. The first kappa shape index (κ1) is 15.4. The van der Waals surface area contributed by atoms with E-state index in [1.54, 1.807) is 0 Å². The highest BCUT2D eigenvalue weighted by atomic mass is 16.5. The van der Waals surface area contributed by atoms with E-state index in [9.17, 15) is 4.79 Å². The fourth-order valence-electron chi connectivity index (χ4n) is 3.19. The van der Waals surface area contributed by atoms with Gasteiger partial charge in [-0.2, -0.15) is 0 Å². The monoisotopic (exact) mass is 304 g/mol. The van der Waals surface area contributed by atoms with Crippen molar-refractivity contribution in [2.45, 2.75) is 44.8 Å². The normalized spacial score (nSPS) is 24.3. The second kappa shape index (κ2) is 7.15. The number of primary amides is 1. The molecule has 2 saturated heterocycles. The largest absolute Gasteiger partial charge is 0.370 e. The molecule has 0 spiro atoms. The van der Waals surface area contributed by atoms with Crippen LogP contribution >= 0.6 is 0 Å². The molecule has 6 heteroatoms. The topological polar surface area (TPSA) is 81.3 Å². The number of nitrogens with zero attached hydrogens (tertiary/aromatic N) is 3. The summed E-state index contributed by atoms with van der Waals surface area (Å²) in [5, 5.41) is 0. The number of carbonyl (C=O) groups is 1. The van der Waals surface area contributed by atoms with Crippen LogP contribution in [0.1, 0.15) is 49.6 Å². The zero-order valence-corrected chi connectivity index (χ0v) is 12.9. The van der Waals surface area contributed by atoms with Crippen LogP contribution in [-0.4, -0.2) is 40.5 Å². The van der Waals surface area contributed by atoms with Gasteiger partial charge in [-0.1, -0.05) is 0 Å². The lowest BCUT2D eigenvalue weighted by Gasteiger charge is -2.30. The summed E-state index contributed by atoms with van der Waals surface area (Å²) < 4.78 is 5.71. The fraction of sp³-hybridized carbons (Fsp3) is 0.688. The summed E-state index contributed by atoms with van der Waals surface area (Å²) in [6, 6.07) is 0. The Hall–Kier alpha value is -1.53. The summed E-state index contributed by atoms with van der Waals surface area (Å²) in [6.45, 7) is 3.45. The molecule has 0 radical (unpaired) electrons. The van der Waals surface area contributed by atoms with Gasteiger partial charge in [0.1, 0.15) is 6.10 Å². The number of likely N-dealkylation sites (tertiary alicyclic amines) is 1. The Kier molecular flexibility index (Phi) is 5.00. The molecule has 2 aliphatic rings. The molecular formula is C16H24N4O2. The Morgan fingerprint density at radius 2 is 1.95 bits per heavy atom. The van der Waals surface area contributed by atoms with Crippen molar-refractivity contribution in [1.29, 1.82) is 0 Å². The predicted molar refractivity (Wildman–Crippen MR) is 81.8 cm³/mol. The fourth-order valence-corrected chi connectivity index (χ4v) is 3.19. The van der Waals surface area contributed by atoms with Crippen LogP contribution in [0.4, 0.5) is 0 Å². The van der Waals surface area contributed by atoms with Crippen molar-refractivity contribution in [1.82, 2.24) is 14.9 Å². The highest BCUT2D eigenvalue weighted by molar-refractivity contribution is 5.76. The van der Waals surface area contributed by atoms with Gasteiger partial charge in [-0.05, 0) is 45.2 Å². The van der Waals surface area contributed by atoms with Crippen LogP contribution in [0, 0.1) is 5.92 Å². The number of nitrogens with two attached hydrogens (primary N) is 1. The number of ether oxygens (including phenoxy) is 1. The molecule has 1 aromatic rings. The summed E-state index contributed by atoms with van der Waals surface area (Å²) >= 11 is 0. The summed E-state index contributed by atoms with van der Waals surface area (Å²) in [6.07, 6.45) is 8.91. The molecule has 3 rings (SSSR count). The quantitative estimate of drug-likeness (QED) is 0.909. The number of hydrogen-bond donors (Lipinski definition) is 1. The third kappa shape index (κ3) is 3.81. The molecule has 0 unspecified atom stereocenters.